The van der Waals surface area contributed by atoms with Crippen LogP contribution in [0.2, 0.25) is 0 Å². The molecular weight excluding hydrogens is 302 g/mol. The normalized spacial score (nSPS) is 18.4. The van der Waals surface area contributed by atoms with Gasteiger partial charge >= 0.3 is 0 Å². The third-order valence-corrected chi connectivity index (χ3v) is 4.41. The van der Waals surface area contributed by atoms with Crippen molar-refractivity contribution in [3.63, 3.8) is 0 Å². The van der Waals surface area contributed by atoms with E-state index in [1.54, 1.807) is 23.2 Å². The number of nitrogens with zero attached hydrogens (tertiary/aromatic N) is 2. The largest absolute Gasteiger partial charge is 0.368 e. The molecule has 6 nitrogen and oxygen atoms in total. The van der Waals surface area contributed by atoms with E-state index < -0.39 is 0 Å². The summed E-state index contributed by atoms with van der Waals surface area (Å²) < 4.78 is 5.68. The second-order valence-corrected chi connectivity index (χ2v) is 6.24. The number of aromatic amines is 1. The minimum Gasteiger partial charge on any atom is -0.368 e. The Morgan fingerprint density at radius 1 is 1.59 bits per heavy atom. The molecule has 0 aliphatic carbocycles. The second-order valence-electron chi connectivity index (χ2n) is 5.21. The highest BCUT2D eigenvalue weighted by molar-refractivity contribution is 7.10. The third kappa shape index (κ3) is 3.42. The van der Waals surface area contributed by atoms with Gasteiger partial charge in [0.25, 0.3) is 5.56 Å². The molecule has 1 fully saturated rings. The zero-order valence-corrected chi connectivity index (χ0v) is 13.1. The van der Waals surface area contributed by atoms with Gasteiger partial charge in [-0.25, -0.2) is 4.98 Å². The number of hydrogen-bond acceptors (Lipinski definition) is 5. The van der Waals surface area contributed by atoms with Crippen LogP contribution in [-0.4, -0.2) is 40.5 Å². The smallest absolute Gasteiger partial charge is 0.251 e. The first-order chi connectivity index (χ1) is 10.6. The summed E-state index contributed by atoms with van der Waals surface area (Å²) in [5.41, 5.74) is 0.378. The molecule has 1 aliphatic rings. The molecule has 1 saturated heterocycles. The summed E-state index contributed by atoms with van der Waals surface area (Å²) in [4.78, 5) is 33.7. The fourth-order valence-corrected chi connectivity index (χ4v) is 3.19. The molecule has 3 heterocycles. The first kappa shape index (κ1) is 14.9. The van der Waals surface area contributed by atoms with Crippen LogP contribution >= 0.6 is 11.3 Å². The van der Waals surface area contributed by atoms with E-state index in [2.05, 4.69) is 9.97 Å². The number of aromatic nitrogens is 2. The number of thiophene rings is 1. The number of ether oxygens (including phenoxy) is 1. The van der Waals surface area contributed by atoms with E-state index in [0.717, 1.165) is 4.88 Å². The molecule has 7 heteroatoms. The van der Waals surface area contributed by atoms with Crippen LogP contribution in [0.4, 0.5) is 0 Å². The molecule has 2 aromatic heterocycles. The van der Waals surface area contributed by atoms with Gasteiger partial charge < -0.3 is 14.6 Å². The van der Waals surface area contributed by atoms with Crippen LogP contribution < -0.4 is 5.56 Å². The first-order valence-electron chi connectivity index (χ1n) is 7.11. The molecular formula is C15H17N3O3S. The minimum absolute atomic E-state index is 0.0808. The Labute approximate surface area is 131 Å². The number of morpholine rings is 1. The number of carbonyl (C=O) groups is 1. The average molecular weight is 319 g/mol. The molecule has 0 bridgehead atoms. The lowest BCUT2D eigenvalue weighted by Gasteiger charge is -2.32. The maximum atomic E-state index is 12.4. The molecule has 22 heavy (non-hydrogen) atoms. The zero-order chi connectivity index (χ0) is 15.5. The molecule has 1 N–H and O–H groups in total. The summed E-state index contributed by atoms with van der Waals surface area (Å²) in [6, 6.07) is 5.34. The van der Waals surface area contributed by atoms with E-state index in [-0.39, 0.29) is 17.6 Å². The van der Waals surface area contributed by atoms with Crippen molar-refractivity contribution in [3.05, 3.63) is 50.3 Å². The Kier molecular flexibility index (Phi) is 4.35. The van der Waals surface area contributed by atoms with Crippen LogP contribution in [0.1, 0.15) is 22.5 Å². The number of aryl methyl sites for hydroxylation is 1. The van der Waals surface area contributed by atoms with E-state index in [1.165, 1.54) is 6.07 Å². The number of nitrogens with one attached hydrogen (secondary N) is 1. The summed E-state index contributed by atoms with van der Waals surface area (Å²) in [5, 5.41) is 1.97. The van der Waals surface area contributed by atoms with Crippen molar-refractivity contribution < 1.29 is 9.53 Å². The van der Waals surface area contributed by atoms with E-state index in [4.69, 9.17) is 4.74 Å². The van der Waals surface area contributed by atoms with Crippen molar-refractivity contribution >= 4 is 17.2 Å². The van der Waals surface area contributed by atoms with Crippen LogP contribution in [0.25, 0.3) is 0 Å². The fourth-order valence-electron chi connectivity index (χ4n) is 2.50. The zero-order valence-electron chi connectivity index (χ0n) is 12.2. The lowest BCUT2D eigenvalue weighted by atomic mass is 10.2. The monoisotopic (exact) mass is 319 g/mol. The maximum Gasteiger partial charge on any atom is 0.251 e. The lowest BCUT2D eigenvalue weighted by Crippen LogP contribution is -2.43. The first-order valence-corrected chi connectivity index (χ1v) is 7.99. The molecule has 2 aromatic rings. The van der Waals surface area contributed by atoms with E-state index >= 15 is 0 Å². The van der Waals surface area contributed by atoms with Crippen molar-refractivity contribution in [1.82, 2.24) is 14.9 Å². The van der Waals surface area contributed by atoms with Gasteiger partial charge in [-0.3, -0.25) is 9.59 Å². The van der Waals surface area contributed by atoms with Gasteiger partial charge in [0.1, 0.15) is 11.9 Å². The van der Waals surface area contributed by atoms with E-state index in [9.17, 15) is 9.59 Å². The van der Waals surface area contributed by atoms with Crippen LogP contribution in [0.3, 0.4) is 0 Å². The Hall–Kier alpha value is -1.99. The molecule has 0 spiro atoms. The Morgan fingerprint density at radius 3 is 3.18 bits per heavy atom. The summed E-state index contributed by atoms with van der Waals surface area (Å²) in [6.07, 6.45) is 0.0636. The van der Waals surface area contributed by atoms with Gasteiger partial charge in [0.2, 0.25) is 5.91 Å². The quantitative estimate of drug-likeness (QED) is 0.925. The highest BCUT2D eigenvalue weighted by Gasteiger charge is 2.26. The predicted octanol–water partition coefficient (Wildman–Crippen LogP) is 1.28. The van der Waals surface area contributed by atoms with Crippen molar-refractivity contribution in [3.8, 4) is 0 Å². The molecule has 1 unspecified atom stereocenters. The molecule has 1 atom stereocenters. The molecule has 116 valence electrons. The van der Waals surface area contributed by atoms with Gasteiger partial charge in [0.15, 0.2) is 0 Å². The van der Waals surface area contributed by atoms with Crippen LogP contribution in [0.15, 0.2) is 28.4 Å². The molecule has 1 aliphatic heterocycles. The number of carbonyl (C=O) groups excluding carboxylic acids is 1. The second kappa shape index (κ2) is 6.41. The van der Waals surface area contributed by atoms with Crippen molar-refractivity contribution in [2.24, 2.45) is 0 Å². The summed E-state index contributed by atoms with van der Waals surface area (Å²) in [5.74, 6) is 0.630. The molecule has 0 aromatic carbocycles. The Morgan fingerprint density at radius 2 is 2.45 bits per heavy atom. The van der Waals surface area contributed by atoms with Crippen LogP contribution in [0.5, 0.6) is 0 Å². The molecule has 1 amide bonds. The van der Waals surface area contributed by atoms with Crippen LogP contribution in [-0.2, 0) is 16.0 Å². The highest BCUT2D eigenvalue weighted by atomic mass is 32.1. The summed E-state index contributed by atoms with van der Waals surface area (Å²) >= 11 is 1.58. The van der Waals surface area contributed by atoms with Crippen LogP contribution in [0, 0.1) is 6.92 Å². The number of rotatable bonds is 3. The van der Waals surface area contributed by atoms with E-state index in [1.807, 2.05) is 17.5 Å². The molecule has 0 saturated carbocycles. The third-order valence-electron chi connectivity index (χ3n) is 3.53. The van der Waals surface area contributed by atoms with Crippen molar-refractivity contribution in [2.45, 2.75) is 19.4 Å². The predicted molar refractivity (Wildman–Crippen MR) is 82.9 cm³/mol. The Bertz CT molecular complexity index is 711. The van der Waals surface area contributed by atoms with E-state index in [0.29, 0.717) is 37.6 Å². The maximum absolute atomic E-state index is 12.4. The summed E-state index contributed by atoms with van der Waals surface area (Å²) in [6.45, 7) is 3.19. The van der Waals surface area contributed by atoms with Gasteiger partial charge in [-0.1, -0.05) is 6.07 Å². The van der Waals surface area contributed by atoms with Gasteiger partial charge in [-0.05, 0) is 18.4 Å². The van der Waals surface area contributed by atoms with Crippen molar-refractivity contribution in [1.29, 1.82) is 0 Å². The SMILES string of the molecule is Cc1nc(C2CN(C(=O)Cc3cccs3)CCO2)cc(=O)[nH]1. The van der Waals surface area contributed by atoms with Gasteiger partial charge in [0.05, 0.1) is 25.3 Å². The molecule has 0 radical (unpaired) electrons. The van der Waals surface area contributed by atoms with Gasteiger partial charge in [-0.2, -0.15) is 0 Å². The number of hydrogen-bond donors (Lipinski definition) is 1. The lowest BCUT2D eigenvalue weighted by molar-refractivity contribution is -0.138. The average Bonchev–Trinajstić information content (AvgIpc) is 2.99. The van der Waals surface area contributed by atoms with Gasteiger partial charge in [0, 0.05) is 17.5 Å². The highest BCUT2D eigenvalue weighted by Crippen LogP contribution is 2.21. The summed E-state index contributed by atoms with van der Waals surface area (Å²) in [7, 11) is 0. The topological polar surface area (TPSA) is 75.3 Å². The Balaban J connectivity index is 1.71. The number of H-pyrrole nitrogens is 1. The van der Waals surface area contributed by atoms with Gasteiger partial charge in [-0.15, -0.1) is 11.3 Å². The van der Waals surface area contributed by atoms with Crippen molar-refractivity contribution in [2.75, 3.05) is 19.7 Å². The fraction of sp³-hybridized carbons (Fsp3) is 0.400. The minimum atomic E-state index is -0.345. The standard InChI is InChI=1S/C15H17N3O3S/c1-10-16-12(8-14(19)17-10)13-9-18(4-5-21-13)15(20)7-11-3-2-6-22-11/h2-3,6,8,13H,4-5,7,9H2,1H3,(H,16,17,19). The molecule has 3 rings (SSSR count). The number of amides is 1.